The Bertz CT molecular complexity index is 367. The van der Waals surface area contributed by atoms with Gasteiger partial charge in [-0.15, -0.1) is 0 Å². The van der Waals surface area contributed by atoms with Crippen molar-refractivity contribution in [2.75, 3.05) is 7.05 Å². The van der Waals surface area contributed by atoms with Crippen molar-refractivity contribution < 1.29 is 19.1 Å². The van der Waals surface area contributed by atoms with Crippen LogP contribution in [0.15, 0.2) is 22.8 Å². The molecule has 5 nitrogen and oxygen atoms in total. The van der Waals surface area contributed by atoms with Crippen LogP contribution in [0, 0.1) is 0 Å². The Morgan fingerprint density at radius 1 is 1.47 bits per heavy atom. The number of amides is 1. The monoisotopic (exact) mass is 211 g/mol. The van der Waals surface area contributed by atoms with E-state index in [0.29, 0.717) is 0 Å². The van der Waals surface area contributed by atoms with Crippen LogP contribution in [0.5, 0.6) is 0 Å². The minimum absolute atomic E-state index is 0.131. The van der Waals surface area contributed by atoms with E-state index < -0.39 is 17.4 Å². The molecule has 0 spiro atoms. The number of furan rings is 1. The summed E-state index contributed by atoms with van der Waals surface area (Å²) in [4.78, 5) is 23.8. The molecule has 0 aliphatic carbocycles. The van der Waals surface area contributed by atoms with Crippen molar-refractivity contribution in [3.8, 4) is 0 Å². The van der Waals surface area contributed by atoms with Crippen LogP contribution in [0.3, 0.4) is 0 Å². The van der Waals surface area contributed by atoms with Gasteiger partial charge in [0.15, 0.2) is 5.76 Å². The molecular weight excluding hydrogens is 198 g/mol. The van der Waals surface area contributed by atoms with Gasteiger partial charge in [0, 0.05) is 7.05 Å². The molecule has 1 aromatic rings. The molecule has 0 aliphatic heterocycles. The number of aliphatic carboxylic acids is 1. The second-order valence-corrected chi connectivity index (χ2v) is 3.71. The highest BCUT2D eigenvalue weighted by Crippen LogP contribution is 2.16. The summed E-state index contributed by atoms with van der Waals surface area (Å²) in [5.41, 5.74) is -1.26. The van der Waals surface area contributed by atoms with Gasteiger partial charge in [0.1, 0.15) is 5.54 Å². The average Bonchev–Trinajstić information content (AvgIpc) is 2.67. The molecule has 82 valence electrons. The SMILES string of the molecule is CN(C(=O)c1ccco1)C(C)(C)C(=O)O. The van der Waals surface area contributed by atoms with E-state index in [0.717, 1.165) is 4.90 Å². The first-order chi connectivity index (χ1) is 6.87. The molecule has 0 bridgehead atoms. The molecule has 1 heterocycles. The number of carbonyl (C=O) groups is 2. The predicted octanol–water partition coefficient (Wildman–Crippen LogP) is 1.21. The summed E-state index contributed by atoms with van der Waals surface area (Å²) in [5, 5.41) is 8.93. The van der Waals surface area contributed by atoms with Gasteiger partial charge in [0.25, 0.3) is 5.91 Å². The second-order valence-electron chi connectivity index (χ2n) is 3.71. The third-order valence-electron chi connectivity index (χ3n) is 2.40. The Kier molecular flexibility index (Phi) is 2.83. The van der Waals surface area contributed by atoms with Gasteiger partial charge in [-0.1, -0.05) is 0 Å². The number of hydrogen-bond donors (Lipinski definition) is 1. The molecule has 15 heavy (non-hydrogen) atoms. The minimum Gasteiger partial charge on any atom is -0.480 e. The lowest BCUT2D eigenvalue weighted by molar-refractivity contribution is -0.147. The van der Waals surface area contributed by atoms with E-state index >= 15 is 0 Å². The number of carbonyl (C=O) groups excluding carboxylic acids is 1. The maximum Gasteiger partial charge on any atom is 0.329 e. The topological polar surface area (TPSA) is 70.8 Å². The van der Waals surface area contributed by atoms with E-state index in [1.165, 1.54) is 33.2 Å². The molecular formula is C10H13NO4. The van der Waals surface area contributed by atoms with Crippen molar-refractivity contribution in [3.05, 3.63) is 24.2 Å². The molecule has 0 aromatic carbocycles. The maximum atomic E-state index is 11.7. The van der Waals surface area contributed by atoms with Crippen LogP contribution in [0.25, 0.3) is 0 Å². The van der Waals surface area contributed by atoms with Gasteiger partial charge in [-0.05, 0) is 26.0 Å². The van der Waals surface area contributed by atoms with Crippen molar-refractivity contribution in [2.24, 2.45) is 0 Å². The van der Waals surface area contributed by atoms with Gasteiger partial charge in [-0.2, -0.15) is 0 Å². The number of rotatable bonds is 3. The maximum absolute atomic E-state index is 11.7. The lowest BCUT2D eigenvalue weighted by Crippen LogP contribution is -2.50. The normalized spacial score (nSPS) is 11.1. The van der Waals surface area contributed by atoms with Crippen LogP contribution < -0.4 is 0 Å². The summed E-state index contributed by atoms with van der Waals surface area (Å²) in [7, 11) is 1.43. The molecule has 0 saturated heterocycles. The second kappa shape index (κ2) is 3.76. The summed E-state index contributed by atoms with van der Waals surface area (Å²) in [6.07, 6.45) is 1.37. The van der Waals surface area contributed by atoms with Crippen LogP contribution in [0.2, 0.25) is 0 Å². The Morgan fingerprint density at radius 2 is 2.07 bits per heavy atom. The zero-order chi connectivity index (χ0) is 11.6. The van der Waals surface area contributed by atoms with Gasteiger partial charge >= 0.3 is 5.97 Å². The Hall–Kier alpha value is -1.78. The summed E-state index contributed by atoms with van der Waals surface area (Å²) >= 11 is 0. The molecule has 1 rings (SSSR count). The fraction of sp³-hybridized carbons (Fsp3) is 0.400. The van der Waals surface area contributed by atoms with E-state index in [-0.39, 0.29) is 5.76 Å². The molecule has 0 unspecified atom stereocenters. The number of nitrogens with zero attached hydrogens (tertiary/aromatic N) is 1. The summed E-state index contributed by atoms with van der Waals surface area (Å²) in [6.45, 7) is 2.91. The van der Waals surface area contributed by atoms with E-state index in [4.69, 9.17) is 9.52 Å². The van der Waals surface area contributed by atoms with Crippen molar-refractivity contribution in [1.82, 2.24) is 4.90 Å². The third kappa shape index (κ3) is 2.01. The van der Waals surface area contributed by atoms with Crippen LogP contribution in [0.4, 0.5) is 0 Å². The highest BCUT2D eigenvalue weighted by molar-refractivity contribution is 5.95. The van der Waals surface area contributed by atoms with E-state index in [9.17, 15) is 9.59 Å². The molecule has 0 fully saturated rings. The van der Waals surface area contributed by atoms with Crippen LogP contribution in [-0.4, -0.2) is 34.5 Å². The number of likely N-dealkylation sites (N-methyl/N-ethyl adjacent to an activating group) is 1. The van der Waals surface area contributed by atoms with Gasteiger partial charge < -0.3 is 14.4 Å². The Balaban J connectivity index is 2.91. The Labute approximate surface area is 87.3 Å². The fourth-order valence-electron chi connectivity index (χ4n) is 0.963. The van der Waals surface area contributed by atoms with Gasteiger partial charge in [0.05, 0.1) is 6.26 Å². The molecule has 1 aromatic heterocycles. The number of carboxylic acid groups (broad SMARTS) is 1. The summed E-state index contributed by atoms with van der Waals surface area (Å²) in [5.74, 6) is -1.39. The van der Waals surface area contributed by atoms with Crippen LogP contribution in [0.1, 0.15) is 24.4 Å². The lowest BCUT2D eigenvalue weighted by atomic mass is 10.0. The first kappa shape index (κ1) is 11.3. The molecule has 0 radical (unpaired) electrons. The van der Waals surface area contributed by atoms with Gasteiger partial charge in [-0.3, -0.25) is 4.79 Å². The quantitative estimate of drug-likeness (QED) is 0.815. The molecule has 0 saturated carbocycles. The van der Waals surface area contributed by atoms with Crippen molar-refractivity contribution in [1.29, 1.82) is 0 Å². The third-order valence-corrected chi connectivity index (χ3v) is 2.40. The smallest absolute Gasteiger partial charge is 0.329 e. The molecule has 1 N–H and O–H groups in total. The lowest BCUT2D eigenvalue weighted by Gasteiger charge is -2.30. The van der Waals surface area contributed by atoms with E-state index in [1.807, 2.05) is 0 Å². The van der Waals surface area contributed by atoms with Crippen molar-refractivity contribution >= 4 is 11.9 Å². The molecule has 0 atom stereocenters. The van der Waals surface area contributed by atoms with Crippen LogP contribution in [-0.2, 0) is 4.79 Å². The number of hydrogen-bond acceptors (Lipinski definition) is 3. The van der Waals surface area contributed by atoms with Crippen molar-refractivity contribution in [3.63, 3.8) is 0 Å². The van der Waals surface area contributed by atoms with Gasteiger partial charge in [-0.25, -0.2) is 4.79 Å². The highest BCUT2D eigenvalue weighted by atomic mass is 16.4. The zero-order valence-electron chi connectivity index (χ0n) is 8.85. The summed E-state index contributed by atoms with van der Waals surface area (Å²) in [6, 6.07) is 3.08. The number of carboxylic acids is 1. The standard InChI is InChI=1S/C10H13NO4/c1-10(2,9(13)14)11(3)8(12)7-5-4-6-15-7/h4-6H,1-3H3,(H,13,14). The average molecular weight is 211 g/mol. The van der Waals surface area contributed by atoms with E-state index in [1.54, 1.807) is 6.07 Å². The van der Waals surface area contributed by atoms with Crippen molar-refractivity contribution in [2.45, 2.75) is 19.4 Å². The molecule has 0 aliphatic rings. The van der Waals surface area contributed by atoms with Crippen LogP contribution >= 0.6 is 0 Å². The largest absolute Gasteiger partial charge is 0.480 e. The first-order valence-corrected chi connectivity index (χ1v) is 4.42. The Morgan fingerprint density at radius 3 is 2.47 bits per heavy atom. The zero-order valence-corrected chi connectivity index (χ0v) is 8.85. The first-order valence-electron chi connectivity index (χ1n) is 4.42. The molecule has 5 heteroatoms. The highest BCUT2D eigenvalue weighted by Gasteiger charge is 2.36. The van der Waals surface area contributed by atoms with E-state index in [2.05, 4.69) is 0 Å². The molecule has 1 amide bonds. The van der Waals surface area contributed by atoms with Gasteiger partial charge in [0.2, 0.25) is 0 Å². The minimum atomic E-state index is -1.26. The summed E-state index contributed by atoms with van der Waals surface area (Å²) < 4.78 is 4.91. The predicted molar refractivity (Wildman–Crippen MR) is 52.5 cm³/mol. The fourth-order valence-corrected chi connectivity index (χ4v) is 0.963.